The topological polar surface area (TPSA) is 37.3 Å². The molecule has 2 fully saturated rings. The number of likely N-dealkylation sites (tertiary alicyclic amines) is 1. The van der Waals surface area contributed by atoms with Crippen molar-refractivity contribution in [2.24, 2.45) is 0 Å². The molecule has 0 atom stereocenters. The molecule has 2 heterocycles. The summed E-state index contributed by atoms with van der Waals surface area (Å²) in [5.74, 6) is 0.242. The van der Waals surface area contributed by atoms with E-state index in [-0.39, 0.29) is 5.91 Å². The van der Waals surface area contributed by atoms with Crippen molar-refractivity contribution in [1.29, 1.82) is 0 Å². The molecule has 1 aliphatic heterocycles. The minimum absolute atomic E-state index is 0.242. The Morgan fingerprint density at radius 3 is 2.63 bits per heavy atom. The standard InChI is InChI=1S/C23H33N3O/c1-18-6-5-7-19-12-17-26(23(18)19)21-10-8-20(9-11-21)24-22(27)13-16-25-14-3-2-4-15-25/h5-7,12,17,20-21H,2-4,8-11,13-16H2,1H3,(H,24,27). The maximum Gasteiger partial charge on any atom is 0.221 e. The predicted octanol–water partition coefficient (Wildman–Crippen LogP) is 4.43. The number of carbonyl (C=O) groups excluding carboxylic acids is 1. The third kappa shape index (κ3) is 4.37. The molecule has 0 unspecified atom stereocenters. The van der Waals surface area contributed by atoms with Crippen LogP contribution in [0.5, 0.6) is 0 Å². The van der Waals surface area contributed by atoms with Crippen LogP contribution in [0.25, 0.3) is 10.9 Å². The maximum atomic E-state index is 12.3. The van der Waals surface area contributed by atoms with Gasteiger partial charge >= 0.3 is 0 Å². The highest BCUT2D eigenvalue weighted by atomic mass is 16.1. The Morgan fingerprint density at radius 1 is 1.07 bits per heavy atom. The van der Waals surface area contributed by atoms with Gasteiger partial charge in [0.25, 0.3) is 0 Å². The van der Waals surface area contributed by atoms with Gasteiger partial charge in [0, 0.05) is 31.2 Å². The van der Waals surface area contributed by atoms with Crippen molar-refractivity contribution in [1.82, 2.24) is 14.8 Å². The van der Waals surface area contributed by atoms with Gasteiger partial charge in [-0.05, 0) is 75.6 Å². The van der Waals surface area contributed by atoms with Crippen molar-refractivity contribution in [3.05, 3.63) is 36.0 Å². The van der Waals surface area contributed by atoms with Crippen LogP contribution < -0.4 is 5.32 Å². The van der Waals surface area contributed by atoms with E-state index in [0.29, 0.717) is 18.5 Å². The van der Waals surface area contributed by atoms with E-state index < -0.39 is 0 Å². The minimum Gasteiger partial charge on any atom is -0.353 e. The number of benzene rings is 1. The molecule has 2 aromatic rings. The fourth-order valence-electron chi connectivity index (χ4n) is 4.95. The van der Waals surface area contributed by atoms with E-state index in [9.17, 15) is 4.79 Å². The number of carbonyl (C=O) groups is 1. The summed E-state index contributed by atoms with van der Waals surface area (Å²) in [5.41, 5.74) is 2.73. The molecule has 1 saturated heterocycles. The van der Waals surface area contributed by atoms with Gasteiger partial charge in [-0.1, -0.05) is 24.6 Å². The van der Waals surface area contributed by atoms with Crippen molar-refractivity contribution >= 4 is 16.8 Å². The zero-order valence-corrected chi connectivity index (χ0v) is 16.6. The van der Waals surface area contributed by atoms with Crippen LogP contribution in [-0.2, 0) is 4.79 Å². The zero-order valence-electron chi connectivity index (χ0n) is 16.6. The lowest BCUT2D eigenvalue weighted by molar-refractivity contribution is -0.122. The minimum atomic E-state index is 0.242. The highest BCUT2D eigenvalue weighted by Gasteiger charge is 2.24. The molecule has 2 aliphatic rings. The van der Waals surface area contributed by atoms with Crippen molar-refractivity contribution in [2.75, 3.05) is 19.6 Å². The molecule has 0 bridgehead atoms. The SMILES string of the molecule is Cc1cccc2ccn(C3CCC(NC(=O)CCN4CCCCC4)CC3)c12. The van der Waals surface area contributed by atoms with Crippen molar-refractivity contribution in [3.63, 3.8) is 0 Å². The van der Waals surface area contributed by atoms with Crippen LogP contribution in [0, 0.1) is 6.92 Å². The van der Waals surface area contributed by atoms with E-state index in [1.165, 1.54) is 48.8 Å². The van der Waals surface area contributed by atoms with Gasteiger partial charge in [0.2, 0.25) is 5.91 Å². The van der Waals surface area contributed by atoms with Gasteiger partial charge in [0.1, 0.15) is 0 Å². The smallest absolute Gasteiger partial charge is 0.221 e. The Kier molecular flexibility index (Phi) is 5.82. The number of rotatable bonds is 5. The molecule has 27 heavy (non-hydrogen) atoms. The second-order valence-corrected chi connectivity index (χ2v) is 8.46. The molecule has 0 radical (unpaired) electrons. The van der Waals surface area contributed by atoms with Crippen molar-refractivity contribution in [2.45, 2.75) is 70.4 Å². The van der Waals surface area contributed by atoms with Crippen LogP contribution in [0.4, 0.5) is 0 Å². The van der Waals surface area contributed by atoms with E-state index >= 15 is 0 Å². The lowest BCUT2D eigenvalue weighted by Gasteiger charge is -2.31. The lowest BCUT2D eigenvalue weighted by atomic mass is 9.90. The number of para-hydroxylation sites is 1. The highest BCUT2D eigenvalue weighted by molar-refractivity contribution is 5.83. The first-order chi connectivity index (χ1) is 13.2. The van der Waals surface area contributed by atoms with Gasteiger partial charge in [-0.25, -0.2) is 0 Å². The highest BCUT2D eigenvalue weighted by Crippen LogP contribution is 2.33. The normalized spacial score (nSPS) is 24.2. The quantitative estimate of drug-likeness (QED) is 0.849. The Bertz CT molecular complexity index is 767. The van der Waals surface area contributed by atoms with E-state index in [1.807, 2.05) is 0 Å². The van der Waals surface area contributed by atoms with Crippen LogP contribution in [0.3, 0.4) is 0 Å². The lowest BCUT2D eigenvalue weighted by Crippen LogP contribution is -2.40. The van der Waals surface area contributed by atoms with Gasteiger partial charge in [0.05, 0.1) is 5.52 Å². The molecular formula is C23H33N3O. The van der Waals surface area contributed by atoms with Crippen LogP contribution in [0.2, 0.25) is 0 Å². The van der Waals surface area contributed by atoms with Gasteiger partial charge in [0.15, 0.2) is 0 Å². The Morgan fingerprint density at radius 2 is 1.85 bits per heavy atom. The molecule has 4 heteroatoms. The Hall–Kier alpha value is -1.81. The molecule has 4 nitrogen and oxygen atoms in total. The molecule has 146 valence electrons. The number of fused-ring (bicyclic) bond motifs is 1. The first kappa shape index (κ1) is 18.5. The Labute approximate surface area is 162 Å². The monoisotopic (exact) mass is 367 g/mol. The van der Waals surface area contributed by atoms with E-state index in [1.54, 1.807) is 0 Å². The first-order valence-corrected chi connectivity index (χ1v) is 10.8. The first-order valence-electron chi connectivity index (χ1n) is 10.8. The number of nitrogens with zero attached hydrogens (tertiary/aromatic N) is 2. The summed E-state index contributed by atoms with van der Waals surface area (Å²) in [6, 6.07) is 9.69. The van der Waals surface area contributed by atoms with Gasteiger partial charge in [-0.3, -0.25) is 4.79 Å². The number of nitrogens with one attached hydrogen (secondary N) is 1. The number of piperidine rings is 1. The van der Waals surface area contributed by atoms with Gasteiger partial charge in [-0.2, -0.15) is 0 Å². The summed E-state index contributed by atoms with van der Waals surface area (Å²) in [5, 5.41) is 4.63. The van der Waals surface area contributed by atoms with Crippen molar-refractivity contribution < 1.29 is 4.79 Å². The van der Waals surface area contributed by atoms with Crippen LogP contribution in [0.15, 0.2) is 30.5 Å². The molecule has 1 aromatic heterocycles. The zero-order chi connectivity index (χ0) is 18.6. The summed E-state index contributed by atoms with van der Waals surface area (Å²) < 4.78 is 2.47. The van der Waals surface area contributed by atoms with Gasteiger partial charge < -0.3 is 14.8 Å². The fourth-order valence-corrected chi connectivity index (χ4v) is 4.95. The van der Waals surface area contributed by atoms with Crippen LogP contribution in [0.1, 0.15) is 63.0 Å². The molecule has 1 amide bonds. The number of aromatic nitrogens is 1. The third-order valence-corrected chi connectivity index (χ3v) is 6.50. The van der Waals surface area contributed by atoms with Crippen LogP contribution in [-0.4, -0.2) is 41.1 Å². The molecule has 1 aliphatic carbocycles. The van der Waals surface area contributed by atoms with E-state index in [0.717, 1.165) is 32.2 Å². The summed E-state index contributed by atoms with van der Waals surface area (Å²) in [6.07, 6.45) is 11.3. The summed E-state index contributed by atoms with van der Waals surface area (Å²) >= 11 is 0. The predicted molar refractivity (Wildman–Crippen MR) is 111 cm³/mol. The number of aryl methyl sites for hydroxylation is 1. The second-order valence-electron chi connectivity index (χ2n) is 8.46. The average molecular weight is 368 g/mol. The molecule has 1 saturated carbocycles. The van der Waals surface area contributed by atoms with Crippen molar-refractivity contribution in [3.8, 4) is 0 Å². The number of hydrogen-bond acceptors (Lipinski definition) is 2. The van der Waals surface area contributed by atoms with Gasteiger partial charge in [-0.15, -0.1) is 0 Å². The molecule has 1 N–H and O–H groups in total. The third-order valence-electron chi connectivity index (χ3n) is 6.50. The molecule has 4 rings (SSSR count). The number of amides is 1. The maximum absolute atomic E-state index is 12.3. The molecular weight excluding hydrogens is 334 g/mol. The fraction of sp³-hybridized carbons (Fsp3) is 0.609. The summed E-state index contributed by atoms with van der Waals surface area (Å²) in [4.78, 5) is 14.8. The van der Waals surface area contributed by atoms with E-state index in [2.05, 4.69) is 52.2 Å². The summed E-state index contributed by atoms with van der Waals surface area (Å²) in [6.45, 7) is 5.47. The molecule has 1 aromatic carbocycles. The second kappa shape index (κ2) is 8.47. The Balaban J connectivity index is 1.26. The number of hydrogen-bond donors (Lipinski definition) is 1. The summed E-state index contributed by atoms with van der Waals surface area (Å²) in [7, 11) is 0. The molecule has 0 spiro atoms. The largest absolute Gasteiger partial charge is 0.353 e. The average Bonchev–Trinajstić information content (AvgIpc) is 3.13. The van der Waals surface area contributed by atoms with Crippen LogP contribution >= 0.6 is 0 Å². The van der Waals surface area contributed by atoms with E-state index in [4.69, 9.17) is 0 Å².